The second-order valence-corrected chi connectivity index (χ2v) is 4.55. The number of nitrogens with zero attached hydrogens (tertiary/aromatic N) is 1. The number of aromatic nitrogens is 1. The molecule has 2 aromatic carbocycles. The van der Waals surface area contributed by atoms with Crippen LogP contribution < -0.4 is 0 Å². The molecule has 2 heteroatoms. The molecule has 0 saturated heterocycles. The number of ketones is 1. The normalized spacial score (nSPS) is 10.4. The van der Waals surface area contributed by atoms with Crippen molar-refractivity contribution >= 4 is 27.6 Å². The molecule has 0 aliphatic rings. The zero-order chi connectivity index (χ0) is 14.7. The van der Waals surface area contributed by atoms with Gasteiger partial charge in [-0.1, -0.05) is 32.0 Å². The van der Waals surface area contributed by atoms with Gasteiger partial charge in [-0.3, -0.25) is 4.79 Å². The number of carbonyl (C=O) groups excluding carboxylic acids is 1. The zero-order valence-electron chi connectivity index (χ0n) is 12.6. The van der Waals surface area contributed by atoms with Crippen molar-refractivity contribution in [1.29, 1.82) is 0 Å². The maximum absolute atomic E-state index is 11.5. The Hall–Kier alpha value is -2.09. The molecule has 0 N–H and O–H groups in total. The van der Waals surface area contributed by atoms with Crippen LogP contribution in [0.3, 0.4) is 0 Å². The van der Waals surface area contributed by atoms with Crippen molar-refractivity contribution in [1.82, 2.24) is 4.57 Å². The second kappa shape index (κ2) is 5.91. The van der Waals surface area contributed by atoms with Gasteiger partial charge in [0.1, 0.15) is 0 Å². The van der Waals surface area contributed by atoms with Crippen LogP contribution in [0.2, 0.25) is 0 Å². The van der Waals surface area contributed by atoms with E-state index in [1.165, 1.54) is 21.8 Å². The molecule has 1 aromatic heterocycles. The lowest BCUT2D eigenvalue weighted by Crippen LogP contribution is -1.94. The molecule has 0 atom stereocenters. The number of carbonyl (C=O) groups is 1. The van der Waals surface area contributed by atoms with Crippen molar-refractivity contribution in [3.8, 4) is 0 Å². The average Bonchev–Trinajstić information content (AvgIpc) is 2.82. The number of benzene rings is 2. The van der Waals surface area contributed by atoms with Crippen LogP contribution in [-0.2, 0) is 6.54 Å². The predicted molar refractivity (Wildman–Crippen MR) is 86.5 cm³/mol. The Bertz CT molecular complexity index is 753. The van der Waals surface area contributed by atoms with E-state index in [1.807, 2.05) is 32.0 Å². The SMILES string of the molecule is CC.CCn1c2ccccc2c2cc(C(C)=O)ccc21. The van der Waals surface area contributed by atoms with Crippen molar-refractivity contribution in [2.24, 2.45) is 0 Å². The van der Waals surface area contributed by atoms with Crippen molar-refractivity contribution in [2.75, 3.05) is 0 Å². The fraction of sp³-hybridized carbons (Fsp3) is 0.278. The lowest BCUT2D eigenvalue weighted by Gasteiger charge is -2.02. The van der Waals surface area contributed by atoms with Crippen LogP contribution in [0.1, 0.15) is 38.1 Å². The van der Waals surface area contributed by atoms with E-state index in [9.17, 15) is 4.79 Å². The number of para-hydroxylation sites is 1. The number of rotatable bonds is 2. The van der Waals surface area contributed by atoms with E-state index in [2.05, 4.69) is 35.8 Å². The molecular weight excluding hydrogens is 246 g/mol. The van der Waals surface area contributed by atoms with Gasteiger partial charge in [-0.15, -0.1) is 0 Å². The molecule has 20 heavy (non-hydrogen) atoms. The molecule has 3 aromatic rings. The van der Waals surface area contributed by atoms with Gasteiger partial charge < -0.3 is 4.57 Å². The standard InChI is InChI=1S/C16H15NO.C2H6/c1-3-17-15-7-5-4-6-13(15)14-10-12(11(2)18)8-9-16(14)17;1-2/h4-10H,3H2,1-2H3;1-2H3. The quantitative estimate of drug-likeness (QED) is 0.596. The zero-order valence-corrected chi connectivity index (χ0v) is 12.6. The molecular formula is C18H21NO. The summed E-state index contributed by atoms with van der Waals surface area (Å²) in [6.45, 7) is 8.69. The number of hydrogen-bond acceptors (Lipinski definition) is 1. The summed E-state index contributed by atoms with van der Waals surface area (Å²) in [4.78, 5) is 11.5. The average molecular weight is 267 g/mol. The van der Waals surface area contributed by atoms with Gasteiger partial charge in [-0.05, 0) is 38.1 Å². The molecule has 1 heterocycles. The first-order valence-corrected chi connectivity index (χ1v) is 7.24. The number of hydrogen-bond donors (Lipinski definition) is 0. The van der Waals surface area contributed by atoms with Crippen LogP contribution in [0.4, 0.5) is 0 Å². The van der Waals surface area contributed by atoms with Gasteiger partial charge >= 0.3 is 0 Å². The van der Waals surface area contributed by atoms with Crippen molar-refractivity contribution in [3.63, 3.8) is 0 Å². The van der Waals surface area contributed by atoms with Crippen LogP contribution in [0.25, 0.3) is 21.8 Å². The molecule has 0 radical (unpaired) electrons. The summed E-state index contributed by atoms with van der Waals surface area (Å²) in [5, 5.41) is 2.39. The first kappa shape index (κ1) is 14.3. The molecule has 0 saturated carbocycles. The Balaban J connectivity index is 0.000000704. The van der Waals surface area contributed by atoms with Gasteiger partial charge in [-0.25, -0.2) is 0 Å². The van der Waals surface area contributed by atoms with E-state index in [0.29, 0.717) is 0 Å². The Kier molecular flexibility index (Phi) is 4.23. The third-order valence-electron chi connectivity index (χ3n) is 3.50. The summed E-state index contributed by atoms with van der Waals surface area (Å²) < 4.78 is 2.29. The van der Waals surface area contributed by atoms with E-state index < -0.39 is 0 Å². The highest BCUT2D eigenvalue weighted by Gasteiger charge is 2.10. The Morgan fingerprint density at radius 1 is 1.00 bits per heavy atom. The fourth-order valence-electron chi connectivity index (χ4n) is 2.61. The van der Waals surface area contributed by atoms with Gasteiger partial charge in [0.25, 0.3) is 0 Å². The first-order valence-electron chi connectivity index (χ1n) is 7.24. The summed E-state index contributed by atoms with van der Waals surface area (Å²) in [6, 6.07) is 14.3. The highest BCUT2D eigenvalue weighted by atomic mass is 16.1. The summed E-state index contributed by atoms with van der Waals surface area (Å²) in [5.41, 5.74) is 3.21. The minimum absolute atomic E-state index is 0.116. The summed E-state index contributed by atoms with van der Waals surface area (Å²) in [7, 11) is 0. The molecule has 0 aliphatic heterocycles. The van der Waals surface area contributed by atoms with Gasteiger partial charge in [0.15, 0.2) is 5.78 Å². The van der Waals surface area contributed by atoms with E-state index >= 15 is 0 Å². The summed E-state index contributed by atoms with van der Waals surface area (Å²) in [6.07, 6.45) is 0. The van der Waals surface area contributed by atoms with Crippen molar-refractivity contribution in [3.05, 3.63) is 48.0 Å². The maximum atomic E-state index is 11.5. The van der Waals surface area contributed by atoms with E-state index in [0.717, 1.165) is 12.1 Å². The van der Waals surface area contributed by atoms with E-state index in [1.54, 1.807) is 6.92 Å². The minimum Gasteiger partial charge on any atom is -0.341 e. The summed E-state index contributed by atoms with van der Waals surface area (Å²) >= 11 is 0. The molecule has 0 spiro atoms. The van der Waals surface area contributed by atoms with Crippen LogP contribution >= 0.6 is 0 Å². The molecule has 0 unspecified atom stereocenters. The third-order valence-corrected chi connectivity index (χ3v) is 3.50. The molecule has 3 rings (SSSR count). The Labute approximate surface area is 120 Å². The minimum atomic E-state index is 0.116. The van der Waals surface area contributed by atoms with E-state index in [-0.39, 0.29) is 5.78 Å². The molecule has 104 valence electrons. The number of fused-ring (bicyclic) bond motifs is 3. The lowest BCUT2D eigenvalue weighted by molar-refractivity contribution is 0.101. The lowest BCUT2D eigenvalue weighted by atomic mass is 10.1. The second-order valence-electron chi connectivity index (χ2n) is 4.55. The highest BCUT2D eigenvalue weighted by Crippen LogP contribution is 2.29. The van der Waals surface area contributed by atoms with Crippen molar-refractivity contribution in [2.45, 2.75) is 34.2 Å². The molecule has 0 aliphatic carbocycles. The fourth-order valence-corrected chi connectivity index (χ4v) is 2.61. The van der Waals surface area contributed by atoms with Crippen LogP contribution in [0, 0.1) is 0 Å². The van der Waals surface area contributed by atoms with Gasteiger partial charge in [0.2, 0.25) is 0 Å². The van der Waals surface area contributed by atoms with Crippen LogP contribution in [-0.4, -0.2) is 10.4 Å². The largest absolute Gasteiger partial charge is 0.341 e. The molecule has 2 nitrogen and oxygen atoms in total. The van der Waals surface area contributed by atoms with Gasteiger partial charge in [-0.2, -0.15) is 0 Å². The topological polar surface area (TPSA) is 22.0 Å². The Morgan fingerprint density at radius 2 is 1.65 bits per heavy atom. The van der Waals surface area contributed by atoms with Gasteiger partial charge in [0, 0.05) is 33.9 Å². The summed E-state index contributed by atoms with van der Waals surface area (Å²) in [5.74, 6) is 0.116. The monoisotopic (exact) mass is 267 g/mol. The third kappa shape index (κ3) is 2.22. The number of aryl methyl sites for hydroxylation is 1. The van der Waals surface area contributed by atoms with Crippen LogP contribution in [0.5, 0.6) is 0 Å². The van der Waals surface area contributed by atoms with Gasteiger partial charge in [0.05, 0.1) is 0 Å². The molecule has 0 fully saturated rings. The first-order chi connectivity index (χ1) is 9.72. The van der Waals surface area contributed by atoms with Crippen LogP contribution in [0.15, 0.2) is 42.5 Å². The van der Waals surface area contributed by atoms with Crippen molar-refractivity contribution < 1.29 is 4.79 Å². The predicted octanol–water partition coefficient (Wildman–Crippen LogP) is 5.04. The molecule has 0 bridgehead atoms. The maximum Gasteiger partial charge on any atom is 0.159 e. The smallest absolute Gasteiger partial charge is 0.159 e. The Morgan fingerprint density at radius 3 is 2.30 bits per heavy atom. The van der Waals surface area contributed by atoms with E-state index in [4.69, 9.17) is 0 Å². The molecule has 0 amide bonds. The number of Topliss-reactive ketones (excluding diaryl/α,β-unsaturated/α-hetero) is 1. The highest BCUT2D eigenvalue weighted by molar-refractivity contribution is 6.10.